The monoisotopic (exact) mass is 384 g/mol. The summed E-state index contributed by atoms with van der Waals surface area (Å²) in [5.41, 5.74) is 7.02. The van der Waals surface area contributed by atoms with Crippen molar-refractivity contribution in [2.75, 3.05) is 18.8 Å². The predicted molar refractivity (Wildman–Crippen MR) is 105 cm³/mol. The summed E-state index contributed by atoms with van der Waals surface area (Å²) in [7, 11) is 0. The Morgan fingerprint density at radius 2 is 1.86 bits per heavy atom. The first-order valence-corrected chi connectivity index (χ1v) is 9.52. The van der Waals surface area contributed by atoms with Crippen LogP contribution in [0.25, 0.3) is 0 Å². The van der Waals surface area contributed by atoms with Crippen LogP contribution in [0, 0.1) is 11.7 Å². The van der Waals surface area contributed by atoms with Crippen molar-refractivity contribution in [1.29, 1.82) is 0 Å². The standard InChI is InChI=1S/C22H25FN2O3/c1-15(28-22(27)19-8-7-18(23)14-20(19)24)21(26)25-11-9-17(10-12-25)13-16-5-3-2-4-6-16/h2-8,14-15,17H,9-13,24H2,1H3. The van der Waals surface area contributed by atoms with Crippen molar-refractivity contribution in [3.8, 4) is 0 Å². The van der Waals surface area contributed by atoms with Crippen molar-refractivity contribution < 1.29 is 18.7 Å². The van der Waals surface area contributed by atoms with Crippen LogP contribution in [-0.4, -0.2) is 36.0 Å². The Kier molecular flexibility index (Phi) is 6.29. The molecule has 1 fully saturated rings. The normalized spacial score (nSPS) is 15.9. The quantitative estimate of drug-likeness (QED) is 0.633. The zero-order valence-corrected chi connectivity index (χ0v) is 15.9. The van der Waals surface area contributed by atoms with E-state index in [4.69, 9.17) is 10.5 Å². The van der Waals surface area contributed by atoms with Gasteiger partial charge in [-0.3, -0.25) is 4.79 Å². The molecule has 0 aliphatic carbocycles. The van der Waals surface area contributed by atoms with Crippen LogP contribution >= 0.6 is 0 Å². The molecule has 2 aromatic carbocycles. The number of nitrogens with zero attached hydrogens (tertiary/aromatic N) is 1. The zero-order chi connectivity index (χ0) is 20.1. The maximum Gasteiger partial charge on any atom is 0.341 e. The summed E-state index contributed by atoms with van der Waals surface area (Å²) in [4.78, 5) is 26.6. The fourth-order valence-electron chi connectivity index (χ4n) is 3.56. The first-order chi connectivity index (χ1) is 13.4. The molecule has 1 unspecified atom stereocenters. The molecule has 1 aliphatic heterocycles. The molecule has 148 valence electrons. The molecule has 3 rings (SSSR count). The number of rotatable bonds is 5. The van der Waals surface area contributed by atoms with E-state index in [-0.39, 0.29) is 17.2 Å². The van der Waals surface area contributed by atoms with Gasteiger partial charge in [-0.1, -0.05) is 30.3 Å². The maximum atomic E-state index is 13.1. The largest absolute Gasteiger partial charge is 0.449 e. The number of hydrogen-bond donors (Lipinski definition) is 1. The van der Waals surface area contributed by atoms with E-state index >= 15 is 0 Å². The maximum absolute atomic E-state index is 13.1. The average Bonchev–Trinajstić information content (AvgIpc) is 2.68. The Bertz CT molecular complexity index is 833. The van der Waals surface area contributed by atoms with E-state index in [1.807, 2.05) is 18.2 Å². The lowest BCUT2D eigenvalue weighted by atomic mass is 9.90. The van der Waals surface area contributed by atoms with E-state index in [9.17, 15) is 14.0 Å². The topological polar surface area (TPSA) is 72.6 Å². The van der Waals surface area contributed by atoms with Gasteiger partial charge in [-0.05, 0) is 55.9 Å². The molecule has 1 saturated heterocycles. The highest BCUT2D eigenvalue weighted by molar-refractivity contribution is 5.96. The molecule has 0 saturated carbocycles. The lowest BCUT2D eigenvalue weighted by molar-refractivity contribution is -0.141. The minimum Gasteiger partial charge on any atom is -0.449 e. The average molecular weight is 384 g/mol. The number of amides is 1. The third-order valence-electron chi connectivity index (χ3n) is 5.16. The number of benzene rings is 2. The van der Waals surface area contributed by atoms with Gasteiger partial charge in [0.2, 0.25) is 0 Å². The molecule has 5 nitrogen and oxygen atoms in total. The smallest absolute Gasteiger partial charge is 0.341 e. The highest BCUT2D eigenvalue weighted by atomic mass is 19.1. The fourth-order valence-corrected chi connectivity index (χ4v) is 3.56. The number of ether oxygens (including phenoxy) is 1. The number of halogens is 1. The second kappa shape index (κ2) is 8.87. The summed E-state index contributed by atoms with van der Waals surface area (Å²) in [5.74, 6) is -0.927. The Morgan fingerprint density at radius 1 is 1.18 bits per heavy atom. The van der Waals surface area contributed by atoms with Crippen LogP contribution in [-0.2, 0) is 16.0 Å². The number of esters is 1. The third-order valence-corrected chi connectivity index (χ3v) is 5.16. The fraction of sp³-hybridized carbons (Fsp3) is 0.364. The van der Waals surface area contributed by atoms with Gasteiger partial charge >= 0.3 is 5.97 Å². The minimum absolute atomic E-state index is 0.00799. The summed E-state index contributed by atoms with van der Waals surface area (Å²) in [6, 6.07) is 13.8. The van der Waals surface area contributed by atoms with Crippen LogP contribution in [0.2, 0.25) is 0 Å². The summed E-state index contributed by atoms with van der Waals surface area (Å²) in [5, 5.41) is 0. The van der Waals surface area contributed by atoms with Gasteiger partial charge in [-0.25, -0.2) is 9.18 Å². The second-order valence-electron chi connectivity index (χ2n) is 7.24. The van der Waals surface area contributed by atoms with E-state index in [0.29, 0.717) is 19.0 Å². The number of anilines is 1. The summed E-state index contributed by atoms with van der Waals surface area (Å²) in [6.45, 7) is 2.85. The molecule has 6 heteroatoms. The van der Waals surface area contributed by atoms with Crippen molar-refractivity contribution in [2.24, 2.45) is 5.92 Å². The van der Waals surface area contributed by atoms with Gasteiger partial charge in [-0.15, -0.1) is 0 Å². The Labute approximate surface area is 164 Å². The Morgan fingerprint density at radius 3 is 2.50 bits per heavy atom. The van der Waals surface area contributed by atoms with Crippen LogP contribution in [0.1, 0.15) is 35.7 Å². The second-order valence-corrected chi connectivity index (χ2v) is 7.24. The zero-order valence-electron chi connectivity index (χ0n) is 15.9. The molecule has 1 atom stereocenters. The number of likely N-dealkylation sites (tertiary alicyclic amines) is 1. The van der Waals surface area contributed by atoms with Gasteiger partial charge in [0.1, 0.15) is 5.82 Å². The lowest BCUT2D eigenvalue weighted by Gasteiger charge is -2.33. The van der Waals surface area contributed by atoms with E-state index in [0.717, 1.165) is 31.4 Å². The third kappa shape index (κ3) is 4.88. The van der Waals surface area contributed by atoms with Crippen LogP contribution in [0.3, 0.4) is 0 Å². The molecular weight excluding hydrogens is 359 g/mol. The number of carbonyl (C=O) groups excluding carboxylic acids is 2. The van der Waals surface area contributed by atoms with Crippen LogP contribution in [0.4, 0.5) is 10.1 Å². The van der Waals surface area contributed by atoms with Crippen molar-refractivity contribution in [3.63, 3.8) is 0 Å². The molecule has 0 bridgehead atoms. The van der Waals surface area contributed by atoms with Gasteiger partial charge in [0.25, 0.3) is 5.91 Å². The highest BCUT2D eigenvalue weighted by Gasteiger charge is 2.28. The predicted octanol–water partition coefficient (Wildman–Crippen LogP) is 3.43. The molecule has 2 aromatic rings. The van der Waals surface area contributed by atoms with Gasteiger partial charge < -0.3 is 15.4 Å². The molecule has 1 heterocycles. The molecular formula is C22H25FN2O3. The molecule has 0 spiro atoms. The van der Waals surface area contributed by atoms with E-state index < -0.39 is 17.9 Å². The van der Waals surface area contributed by atoms with Gasteiger partial charge in [0, 0.05) is 18.8 Å². The van der Waals surface area contributed by atoms with Crippen LogP contribution < -0.4 is 5.73 Å². The van der Waals surface area contributed by atoms with Crippen molar-refractivity contribution in [2.45, 2.75) is 32.3 Å². The first-order valence-electron chi connectivity index (χ1n) is 9.52. The molecule has 2 N–H and O–H groups in total. The summed E-state index contributed by atoms with van der Waals surface area (Å²) >= 11 is 0. The molecule has 0 radical (unpaired) electrons. The number of nitrogen functional groups attached to an aromatic ring is 1. The molecule has 1 aliphatic rings. The molecule has 0 aromatic heterocycles. The van der Waals surface area contributed by atoms with Crippen LogP contribution in [0.5, 0.6) is 0 Å². The van der Waals surface area contributed by atoms with E-state index in [1.54, 1.807) is 11.8 Å². The minimum atomic E-state index is -0.914. The van der Waals surface area contributed by atoms with Crippen molar-refractivity contribution in [3.05, 3.63) is 65.5 Å². The van der Waals surface area contributed by atoms with Crippen molar-refractivity contribution in [1.82, 2.24) is 4.90 Å². The number of nitrogens with two attached hydrogens (primary N) is 1. The summed E-state index contributed by atoms with van der Waals surface area (Å²) in [6.07, 6.45) is 1.94. The van der Waals surface area contributed by atoms with Gasteiger partial charge in [0.15, 0.2) is 6.10 Å². The van der Waals surface area contributed by atoms with E-state index in [1.165, 1.54) is 11.6 Å². The number of piperidine rings is 1. The van der Waals surface area contributed by atoms with Gasteiger partial charge in [0.05, 0.1) is 5.56 Å². The number of carbonyl (C=O) groups is 2. The SMILES string of the molecule is CC(OC(=O)c1ccc(F)cc1N)C(=O)N1CCC(Cc2ccccc2)CC1. The Balaban J connectivity index is 1.51. The summed E-state index contributed by atoms with van der Waals surface area (Å²) < 4.78 is 18.4. The van der Waals surface area contributed by atoms with E-state index in [2.05, 4.69) is 12.1 Å². The Hall–Kier alpha value is -2.89. The lowest BCUT2D eigenvalue weighted by Crippen LogP contribution is -2.44. The highest BCUT2D eigenvalue weighted by Crippen LogP contribution is 2.23. The first kappa shape index (κ1) is 19.9. The molecule has 28 heavy (non-hydrogen) atoms. The molecule has 1 amide bonds. The number of hydrogen-bond acceptors (Lipinski definition) is 4. The van der Waals surface area contributed by atoms with Crippen LogP contribution in [0.15, 0.2) is 48.5 Å². The van der Waals surface area contributed by atoms with Crippen molar-refractivity contribution >= 4 is 17.6 Å². The van der Waals surface area contributed by atoms with Gasteiger partial charge in [-0.2, -0.15) is 0 Å².